The minimum absolute atomic E-state index is 0.0674. The molecule has 0 saturated carbocycles. The van der Waals surface area contributed by atoms with Gasteiger partial charge in [0.25, 0.3) is 16.8 Å². The highest BCUT2D eigenvalue weighted by Crippen LogP contribution is 2.36. The molecule has 0 aromatic heterocycles. The van der Waals surface area contributed by atoms with Crippen molar-refractivity contribution in [1.82, 2.24) is 4.90 Å². The molecule has 9 heteroatoms. The summed E-state index contributed by atoms with van der Waals surface area (Å²) in [5.41, 5.74) is 3.17. The Labute approximate surface area is 183 Å². The summed E-state index contributed by atoms with van der Waals surface area (Å²) in [5.74, 6) is -0.393. The van der Waals surface area contributed by atoms with E-state index in [-0.39, 0.29) is 22.4 Å². The highest BCUT2D eigenvalue weighted by atomic mass is 32.2. The van der Waals surface area contributed by atoms with Crippen molar-refractivity contribution in [3.05, 3.63) is 74.2 Å². The van der Waals surface area contributed by atoms with E-state index in [1.54, 1.807) is 12.1 Å². The number of carbonyl (C=O) groups is 2. The molecule has 0 N–H and O–H groups in total. The first-order chi connectivity index (χ1) is 14.9. The number of carbonyl (C=O) groups excluding carboxylic acids is 2. The maximum atomic E-state index is 13.0. The van der Waals surface area contributed by atoms with Crippen molar-refractivity contribution in [3.63, 3.8) is 0 Å². The van der Waals surface area contributed by atoms with E-state index in [1.165, 1.54) is 17.0 Å². The van der Waals surface area contributed by atoms with Crippen molar-refractivity contribution in [2.45, 2.75) is 13.5 Å². The summed E-state index contributed by atoms with van der Waals surface area (Å²) < 4.78 is 5.39. The molecule has 2 fully saturated rings. The maximum Gasteiger partial charge on any atom is 0.293 e. The number of ether oxygens (including phenoxy) is 1. The van der Waals surface area contributed by atoms with E-state index in [1.807, 2.05) is 31.2 Å². The van der Waals surface area contributed by atoms with E-state index in [0.717, 1.165) is 28.6 Å². The summed E-state index contributed by atoms with van der Waals surface area (Å²) >= 11 is 0.855. The van der Waals surface area contributed by atoms with Crippen LogP contribution in [0.4, 0.5) is 16.2 Å². The number of hydrogen-bond donors (Lipinski definition) is 0. The van der Waals surface area contributed by atoms with Crippen LogP contribution in [0.15, 0.2) is 47.4 Å². The number of anilines is 1. The smallest absolute Gasteiger partial charge is 0.293 e. The lowest BCUT2D eigenvalue weighted by Gasteiger charge is -2.30. The standard InChI is InChI=1S/C22H21N3O5S/c1-15-3-2-4-16(11-15)14-24-21(26)20(31-22(24)27)13-17-12-18(25(28)29)5-6-19(17)23-7-9-30-10-8-23/h2-6,11-13H,7-10,14H2,1H3/b20-13-. The Morgan fingerprint density at radius 2 is 1.94 bits per heavy atom. The van der Waals surface area contributed by atoms with Gasteiger partial charge in [0.1, 0.15) is 0 Å². The van der Waals surface area contributed by atoms with Crippen LogP contribution in [-0.4, -0.2) is 47.3 Å². The van der Waals surface area contributed by atoms with Gasteiger partial charge in [0.05, 0.1) is 29.6 Å². The van der Waals surface area contributed by atoms with Crippen LogP contribution in [0.3, 0.4) is 0 Å². The van der Waals surface area contributed by atoms with Crippen LogP contribution in [0.1, 0.15) is 16.7 Å². The molecular weight excluding hydrogens is 418 g/mol. The SMILES string of the molecule is Cc1cccc(CN2C(=O)S/C(=C\c3cc([N+](=O)[O-])ccc3N3CCOCC3)C2=O)c1. The molecule has 0 spiro atoms. The van der Waals surface area contributed by atoms with Gasteiger partial charge in [0.15, 0.2) is 0 Å². The van der Waals surface area contributed by atoms with Crippen LogP contribution in [0.25, 0.3) is 6.08 Å². The highest BCUT2D eigenvalue weighted by Gasteiger charge is 2.35. The Hall–Kier alpha value is -3.17. The van der Waals surface area contributed by atoms with Gasteiger partial charge in [-0.25, -0.2) is 0 Å². The van der Waals surface area contributed by atoms with Crippen molar-refractivity contribution < 1.29 is 19.2 Å². The quantitative estimate of drug-likeness (QED) is 0.395. The molecule has 2 saturated heterocycles. The number of nitro benzene ring substituents is 1. The zero-order valence-electron chi connectivity index (χ0n) is 16.9. The lowest BCUT2D eigenvalue weighted by molar-refractivity contribution is -0.384. The van der Waals surface area contributed by atoms with Crippen LogP contribution < -0.4 is 4.90 Å². The molecule has 0 aliphatic carbocycles. The summed E-state index contributed by atoms with van der Waals surface area (Å²) in [7, 11) is 0. The number of non-ortho nitro benzene ring substituents is 1. The molecule has 0 bridgehead atoms. The minimum atomic E-state index is -0.468. The van der Waals surface area contributed by atoms with E-state index in [4.69, 9.17) is 4.74 Å². The molecule has 0 unspecified atom stereocenters. The number of nitro groups is 1. The normalized spacial score (nSPS) is 18.2. The van der Waals surface area contributed by atoms with Crippen molar-refractivity contribution in [2.75, 3.05) is 31.2 Å². The topological polar surface area (TPSA) is 93.0 Å². The zero-order valence-corrected chi connectivity index (χ0v) is 17.8. The first-order valence-corrected chi connectivity index (χ1v) is 10.7. The van der Waals surface area contributed by atoms with Crippen LogP contribution in [0.2, 0.25) is 0 Å². The maximum absolute atomic E-state index is 13.0. The van der Waals surface area contributed by atoms with Gasteiger partial charge >= 0.3 is 0 Å². The van der Waals surface area contributed by atoms with Gasteiger partial charge in [-0.1, -0.05) is 29.8 Å². The molecule has 2 amide bonds. The summed E-state index contributed by atoms with van der Waals surface area (Å²) in [5, 5.41) is 10.9. The predicted octanol–water partition coefficient (Wildman–Crippen LogP) is 3.98. The average molecular weight is 439 g/mol. The minimum Gasteiger partial charge on any atom is -0.378 e. The number of benzene rings is 2. The Kier molecular flexibility index (Phi) is 6.06. The molecule has 2 aliphatic heterocycles. The Balaban J connectivity index is 1.65. The number of hydrogen-bond acceptors (Lipinski definition) is 7. The third kappa shape index (κ3) is 4.62. The molecule has 2 aliphatic rings. The van der Waals surface area contributed by atoms with E-state index in [0.29, 0.717) is 31.9 Å². The van der Waals surface area contributed by atoms with E-state index in [2.05, 4.69) is 4.90 Å². The van der Waals surface area contributed by atoms with Crippen LogP contribution in [0.5, 0.6) is 0 Å². The van der Waals surface area contributed by atoms with Crippen molar-refractivity contribution in [3.8, 4) is 0 Å². The third-order valence-electron chi connectivity index (χ3n) is 5.16. The Morgan fingerprint density at radius 1 is 1.16 bits per heavy atom. The third-order valence-corrected chi connectivity index (χ3v) is 6.06. The molecule has 0 atom stereocenters. The summed E-state index contributed by atoms with van der Waals surface area (Å²) in [6, 6.07) is 12.2. The van der Waals surface area contributed by atoms with Crippen molar-refractivity contribution >= 4 is 40.4 Å². The van der Waals surface area contributed by atoms with Crippen LogP contribution >= 0.6 is 11.8 Å². The number of aryl methyl sites for hydroxylation is 1. The molecule has 4 rings (SSSR count). The summed E-state index contributed by atoms with van der Waals surface area (Å²) in [6.07, 6.45) is 1.58. The second-order valence-electron chi connectivity index (χ2n) is 7.36. The lowest BCUT2D eigenvalue weighted by Crippen LogP contribution is -2.36. The molecule has 2 heterocycles. The molecule has 0 radical (unpaired) electrons. The van der Waals surface area contributed by atoms with E-state index < -0.39 is 10.8 Å². The molecular formula is C22H21N3O5S. The number of morpholine rings is 1. The van der Waals surface area contributed by atoms with Gasteiger partial charge < -0.3 is 9.64 Å². The number of rotatable bonds is 5. The highest BCUT2D eigenvalue weighted by molar-refractivity contribution is 8.18. The predicted molar refractivity (Wildman–Crippen MR) is 119 cm³/mol. The molecule has 2 aromatic carbocycles. The fraction of sp³-hybridized carbons (Fsp3) is 0.273. The number of imide groups is 1. The largest absolute Gasteiger partial charge is 0.378 e. The van der Waals surface area contributed by atoms with Crippen molar-refractivity contribution in [1.29, 1.82) is 0 Å². The van der Waals surface area contributed by atoms with E-state index in [9.17, 15) is 19.7 Å². The molecule has 31 heavy (non-hydrogen) atoms. The first kappa shape index (κ1) is 21.1. The van der Waals surface area contributed by atoms with Gasteiger partial charge in [-0.2, -0.15) is 0 Å². The van der Waals surface area contributed by atoms with Crippen LogP contribution in [0, 0.1) is 17.0 Å². The van der Waals surface area contributed by atoms with Crippen LogP contribution in [-0.2, 0) is 16.1 Å². The Morgan fingerprint density at radius 3 is 2.65 bits per heavy atom. The fourth-order valence-corrected chi connectivity index (χ4v) is 4.46. The zero-order chi connectivity index (χ0) is 22.0. The lowest BCUT2D eigenvalue weighted by atomic mass is 10.1. The molecule has 2 aromatic rings. The Bertz CT molecular complexity index is 1080. The average Bonchev–Trinajstić information content (AvgIpc) is 3.01. The number of thioether (sulfide) groups is 1. The number of nitrogens with zero attached hydrogens (tertiary/aromatic N) is 3. The fourth-order valence-electron chi connectivity index (χ4n) is 3.63. The van der Waals surface area contributed by atoms with E-state index >= 15 is 0 Å². The second kappa shape index (κ2) is 8.91. The second-order valence-corrected chi connectivity index (χ2v) is 8.35. The molecule has 160 valence electrons. The van der Waals surface area contributed by atoms with Gasteiger partial charge in [-0.15, -0.1) is 0 Å². The van der Waals surface area contributed by atoms with Gasteiger partial charge in [-0.05, 0) is 36.4 Å². The molecule has 8 nitrogen and oxygen atoms in total. The monoisotopic (exact) mass is 439 g/mol. The van der Waals surface area contributed by atoms with Gasteiger partial charge in [0, 0.05) is 36.5 Å². The summed E-state index contributed by atoms with van der Waals surface area (Å²) in [4.78, 5) is 39.8. The van der Waals surface area contributed by atoms with Gasteiger partial charge in [0.2, 0.25) is 0 Å². The number of amides is 2. The first-order valence-electron chi connectivity index (χ1n) is 9.84. The van der Waals surface area contributed by atoms with Gasteiger partial charge in [-0.3, -0.25) is 24.6 Å². The van der Waals surface area contributed by atoms with Crippen molar-refractivity contribution in [2.24, 2.45) is 0 Å². The summed E-state index contributed by atoms with van der Waals surface area (Å²) in [6.45, 7) is 4.55.